The zero-order valence-electron chi connectivity index (χ0n) is 8.22. The van der Waals surface area contributed by atoms with Crippen molar-refractivity contribution < 1.29 is 0 Å². The number of halogens is 1. The van der Waals surface area contributed by atoms with Crippen LogP contribution in [0, 0.1) is 0 Å². The topological polar surface area (TPSA) is 63.3 Å². The van der Waals surface area contributed by atoms with Gasteiger partial charge in [-0.3, -0.25) is 5.43 Å². The summed E-state index contributed by atoms with van der Waals surface area (Å²) in [6, 6.07) is 7.38. The molecule has 0 atom stereocenters. The van der Waals surface area contributed by atoms with Gasteiger partial charge in [0.05, 0.1) is 6.21 Å². The van der Waals surface area contributed by atoms with E-state index in [0.29, 0.717) is 16.0 Å². The van der Waals surface area contributed by atoms with Crippen LogP contribution in [-0.2, 0) is 0 Å². The third-order valence-corrected chi connectivity index (χ3v) is 2.78. The molecule has 2 rings (SSSR count). The summed E-state index contributed by atoms with van der Waals surface area (Å²) in [7, 11) is 0. The van der Waals surface area contributed by atoms with Crippen molar-refractivity contribution in [2.45, 2.75) is 0 Å². The van der Waals surface area contributed by atoms with Crippen LogP contribution in [0.1, 0.15) is 5.56 Å². The second-order valence-corrected chi connectivity index (χ2v) is 4.29. The summed E-state index contributed by atoms with van der Waals surface area (Å²) < 4.78 is 0. The first kappa shape index (κ1) is 10.9. The third-order valence-electron chi connectivity index (χ3n) is 1.77. The Labute approximate surface area is 102 Å². The molecule has 0 spiro atoms. The lowest BCUT2D eigenvalue weighted by atomic mass is 10.2. The highest BCUT2D eigenvalue weighted by atomic mass is 35.5. The maximum absolute atomic E-state index is 5.76. The Hall–Kier alpha value is -1.59. The van der Waals surface area contributed by atoms with E-state index < -0.39 is 0 Å². The maximum Gasteiger partial charge on any atom is 0.205 e. The minimum Gasteiger partial charge on any atom is -0.383 e. The molecule has 0 aliphatic rings. The number of hydrogen-bond donors (Lipinski definition) is 2. The Morgan fingerprint density at radius 3 is 2.75 bits per heavy atom. The fraction of sp³-hybridized carbons (Fsp3) is 0. The van der Waals surface area contributed by atoms with Crippen molar-refractivity contribution in [1.82, 2.24) is 4.98 Å². The molecule has 0 amide bonds. The number of aromatic nitrogens is 1. The Balaban J connectivity index is 1.97. The summed E-state index contributed by atoms with van der Waals surface area (Å²) in [5.74, 6) is 0.495. The van der Waals surface area contributed by atoms with Crippen LogP contribution in [0.3, 0.4) is 0 Å². The number of anilines is 2. The summed E-state index contributed by atoms with van der Waals surface area (Å²) in [6.45, 7) is 0. The van der Waals surface area contributed by atoms with Crippen molar-refractivity contribution in [3.05, 3.63) is 40.2 Å². The molecule has 0 unspecified atom stereocenters. The van der Waals surface area contributed by atoms with Crippen LogP contribution in [0.5, 0.6) is 0 Å². The molecule has 1 aromatic carbocycles. The lowest BCUT2D eigenvalue weighted by molar-refractivity contribution is 1.29. The van der Waals surface area contributed by atoms with Crippen LogP contribution in [0.15, 0.2) is 34.7 Å². The number of hydrogen-bond acceptors (Lipinski definition) is 5. The van der Waals surface area contributed by atoms with Gasteiger partial charge in [-0.25, -0.2) is 4.98 Å². The number of benzene rings is 1. The van der Waals surface area contributed by atoms with E-state index in [-0.39, 0.29) is 0 Å². The summed E-state index contributed by atoms with van der Waals surface area (Å²) >= 11 is 7.17. The van der Waals surface area contributed by atoms with Gasteiger partial charge in [-0.05, 0) is 17.7 Å². The van der Waals surface area contributed by atoms with Gasteiger partial charge in [-0.1, -0.05) is 23.7 Å². The number of rotatable bonds is 3. The van der Waals surface area contributed by atoms with Gasteiger partial charge in [0.15, 0.2) is 0 Å². The Kier molecular flexibility index (Phi) is 3.38. The molecule has 4 nitrogen and oxygen atoms in total. The van der Waals surface area contributed by atoms with E-state index in [2.05, 4.69) is 15.5 Å². The van der Waals surface area contributed by atoms with Gasteiger partial charge in [0.2, 0.25) is 5.13 Å². The molecule has 82 valence electrons. The fourth-order valence-electron chi connectivity index (χ4n) is 1.05. The van der Waals surface area contributed by atoms with Crippen LogP contribution < -0.4 is 11.2 Å². The normalized spacial score (nSPS) is 10.8. The molecule has 0 aliphatic heterocycles. The van der Waals surface area contributed by atoms with Gasteiger partial charge in [0, 0.05) is 10.4 Å². The molecule has 16 heavy (non-hydrogen) atoms. The molecule has 0 radical (unpaired) electrons. The van der Waals surface area contributed by atoms with Crippen molar-refractivity contribution in [3.63, 3.8) is 0 Å². The van der Waals surface area contributed by atoms with E-state index >= 15 is 0 Å². The molecule has 0 saturated carbocycles. The summed E-state index contributed by atoms with van der Waals surface area (Å²) in [4.78, 5) is 4.01. The molecule has 0 saturated heterocycles. The van der Waals surface area contributed by atoms with E-state index in [1.807, 2.05) is 24.3 Å². The highest BCUT2D eigenvalue weighted by Crippen LogP contribution is 2.16. The summed E-state index contributed by atoms with van der Waals surface area (Å²) in [5.41, 5.74) is 9.22. The Morgan fingerprint density at radius 1 is 1.38 bits per heavy atom. The molecule has 1 aromatic heterocycles. The van der Waals surface area contributed by atoms with E-state index in [1.54, 1.807) is 11.6 Å². The fourth-order valence-corrected chi connectivity index (χ4v) is 1.72. The van der Waals surface area contributed by atoms with Gasteiger partial charge in [0.1, 0.15) is 5.82 Å². The lowest BCUT2D eigenvalue weighted by Gasteiger charge is -1.94. The number of nitrogen functional groups attached to an aromatic ring is 1. The number of hydrazone groups is 1. The van der Waals surface area contributed by atoms with E-state index in [1.165, 1.54) is 11.3 Å². The van der Waals surface area contributed by atoms with Crippen molar-refractivity contribution >= 4 is 40.1 Å². The van der Waals surface area contributed by atoms with Crippen LogP contribution in [0.2, 0.25) is 5.02 Å². The van der Waals surface area contributed by atoms with Gasteiger partial charge < -0.3 is 5.73 Å². The van der Waals surface area contributed by atoms with Crippen molar-refractivity contribution in [2.24, 2.45) is 5.10 Å². The Morgan fingerprint density at radius 2 is 2.12 bits per heavy atom. The average molecular weight is 253 g/mol. The maximum atomic E-state index is 5.76. The number of nitrogens with one attached hydrogen (secondary N) is 1. The Bertz CT molecular complexity index is 492. The lowest BCUT2D eigenvalue weighted by Crippen LogP contribution is -1.90. The highest BCUT2D eigenvalue weighted by molar-refractivity contribution is 7.14. The standard InChI is InChI=1S/C10H9ClN4S/c11-8-3-1-7(2-4-8)5-13-15-10-14-9(12)6-16-10/h1-6H,12H2,(H,14,15). The molecule has 0 aliphatic carbocycles. The number of nitrogens with zero attached hydrogens (tertiary/aromatic N) is 2. The summed E-state index contributed by atoms with van der Waals surface area (Å²) in [6.07, 6.45) is 1.69. The molecule has 0 bridgehead atoms. The monoisotopic (exact) mass is 252 g/mol. The third kappa shape index (κ3) is 2.95. The van der Waals surface area contributed by atoms with E-state index in [4.69, 9.17) is 17.3 Å². The number of thiazole rings is 1. The minimum atomic E-state index is 0.495. The molecule has 0 fully saturated rings. The summed E-state index contributed by atoms with van der Waals surface area (Å²) in [5, 5.41) is 7.15. The van der Waals surface area contributed by atoms with Crippen LogP contribution >= 0.6 is 22.9 Å². The van der Waals surface area contributed by atoms with Gasteiger partial charge in [-0.2, -0.15) is 5.10 Å². The molecule has 2 aromatic rings. The molecule has 6 heteroatoms. The number of nitrogens with two attached hydrogens (primary N) is 1. The van der Waals surface area contributed by atoms with Crippen LogP contribution in [0.25, 0.3) is 0 Å². The predicted octanol–water partition coefficient (Wildman–Crippen LogP) is 2.82. The smallest absolute Gasteiger partial charge is 0.205 e. The largest absolute Gasteiger partial charge is 0.383 e. The highest BCUT2D eigenvalue weighted by Gasteiger charge is 1.94. The van der Waals surface area contributed by atoms with E-state index in [9.17, 15) is 0 Å². The first-order valence-electron chi connectivity index (χ1n) is 4.50. The zero-order valence-corrected chi connectivity index (χ0v) is 9.79. The van der Waals surface area contributed by atoms with Crippen molar-refractivity contribution in [2.75, 3.05) is 11.2 Å². The van der Waals surface area contributed by atoms with Gasteiger partial charge in [0.25, 0.3) is 0 Å². The quantitative estimate of drug-likeness (QED) is 0.652. The molecular formula is C10H9ClN4S. The first-order valence-corrected chi connectivity index (χ1v) is 5.75. The average Bonchev–Trinajstić information content (AvgIpc) is 2.67. The second kappa shape index (κ2) is 4.96. The van der Waals surface area contributed by atoms with Crippen LogP contribution in [0.4, 0.5) is 10.9 Å². The zero-order chi connectivity index (χ0) is 11.4. The van der Waals surface area contributed by atoms with E-state index in [0.717, 1.165) is 5.56 Å². The predicted molar refractivity (Wildman–Crippen MR) is 69.2 cm³/mol. The second-order valence-electron chi connectivity index (χ2n) is 3.00. The van der Waals surface area contributed by atoms with Crippen molar-refractivity contribution in [1.29, 1.82) is 0 Å². The molecular weight excluding hydrogens is 244 g/mol. The SMILES string of the molecule is Nc1csc(NN=Cc2ccc(Cl)cc2)n1. The molecule has 1 heterocycles. The minimum absolute atomic E-state index is 0.495. The van der Waals surface area contributed by atoms with Crippen LogP contribution in [-0.4, -0.2) is 11.2 Å². The first-order chi connectivity index (χ1) is 7.74. The van der Waals surface area contributed by atoms with Gasteiger partial charge in [-0.15, -0.1) is 11.3 Å². The molecule has 3 N–H and O–H groups in total. The van der Waals surface area contributed by atoms with Crippen molar-refractivity contribution in [3.8, 4) is 0 Å². The van der Waals surface area contributed by atoms with Gasteiger partial charge >= 0.3 is 0 Å².